The topological polar surface area (TPSA) is 62.0 Å². The molecule has 0 aliphatic rings. The van der Waals surface area contributed by atoms with Crippen LogP contribution in [0.2, 0.25) is 0 Å². The molecule has 1 N–H and O–H groups in total. The van der Waals surface area contributed by atoms with Gasteiger partial charge in [-0.3, -0.25) is 0 Å². The fraction of sp³-hybridized carbons (Fsp3) is 0. The molecule has 0 aliphatic carbocycles. The number of hydrogen-bond donors (Lipinski definition) is 1. The van der Waals surface area contributed by atoms with E-state index in [1.54, 1.807) is 30.3 Å². The van der Waals surface area contributed by atoms with Crippen LogP contribution >= 0.6 is 0 Å². The van der Waals surface area contributed by atoms with Crippen molar-refractivity contribution in [3.63, 3.8) is 0 Å². The van der Waals surface area contributed by atoms with E-state index in [0.717, 1.165) is 0 Å². The average molecular weight is 266 g/mol. The Morgan fingerprint density at radius 2 is 1.50 bits per heavy atom. The third-order valence-corrected chi connectivity index (χ3v) is 2.16. The van der Waals surface area contributed by atoms with Crippen LogP contribution in [0.1, 0.15) is 10.4 Å². The van der Waals surface area contributed by atoms with Crippen molar-refractivity contribution in [2.24, 2.45) is 10.2 Å². The van der Waals surface area contributed by atoms with Gasteiger partial charge in [-0.05, 0) is 24.3 Å². The molecular formula is C13H11KN2O2. The Balaban J connectivity index is 0.00000162. The summed E-state index contributed by atoms with van der Waals surface area (Å²) >= 11 is 0. The summed E-state index contributed by atoms with van der Waals surface area (Å²) in [6.07, 6.45) is 0. The number of aromatic carboxylic acids is 1. The first-order valence-corrected chi connectivity index (χ1v) is 5.06. The predicted molar refractivity (Wildman–Crippen MR) is 71.2 cm³/mol. The van der Waals surface area contributed by atoms with Crippen LogP contribution in [0.3, 0.4) is 0 Å². The molecule has 86 valence electrons. The molecule has 0 saturated carbocycles. The number of hydrogen-bond acceptors (Lipinski definition) is 3. The molecule has 2 aromatic carbocycles. The normalized spacial score (nSPS) is 10.0. The summed E-state index contributed by atoms with van der Waals surface area (Å²) in [5, 5.41) is 16.9. The molecule has 0 bridgehead atoms. The first-order chi connectivity index (χ1) is 8.27. The van der Waals surface area contributed by atoms with E-state index in [9.17, 15) is 4.79 Å². The number of rotatable bonds is 3. The zero-order chi connectivity index (χ0) is 12.1. The quantitative estimate of drug-likeness (QED) is 0.685. The fourth-order valence-corrected chi connectivity index (χ4v) is 1.35. The number of carbonyl (C=O) groups is 1. The molecular weight excluding hydrogens is 255 g/mol. The van der Waals surface area contributed by atoms with Gasteiger partial charge in [0.1, 0.15) is 5.69 Å². The summed E-state index contributed by atoms with van der Waals surface area (Å²) in [5.41, 5.74) is 1.18. The first kappa shape index (κ1) is 15.2. The molecule has 0 aromatic heterocycles. The number of nitrogens with zero attached hydrogens (tertiary/aromatic N) is 2. The Morgan fingerprint density at radius 3 is 2.17 bits per heavy atom. The molecule has 0 atom stereocenters. The van der Waals surface area contributed by atoms with Crippen LogP contribution in [0, 0.1) is 0 Å². The number of benzene rings is 2. The number of azo groups is 1. The SMILES string of the molecule is O=C(O)c1ccccc1N=Nc1ccccc1.[KH]. The summed E-state index contributed by atoms with van der Waals surface area (Å²) in [4.78, 5) is 10.9. The van der Waals surface area contributed by atoms with Gasteiger partial charge in [0, 0.05) is 0 Å². The number of carboxylic acids is 1. The van der Waals surface area contributed by atoms with Crippen molar-refractivity contribution in [2.75, 3.05) is 0 Å². The van der Waals surface area contributed by atoms with Gasteiger partial charge in [0.25, 0.3) is 0 Å². The van der Waals surface area contributed by atoms with Crippen LogP contribution in [-0.2, 0) is 0 Å². The van der Waals surface area contributed by atoms with Gasteiger partial charge in [-0.25, -0.2) is 4.79 Å². The van der Waals surface area contributed by atoms with Gasteiger partial charge in [-0.1, -0.05) is 30.3 Å². The van der Waals surface area contributed by atoms with Crippen LogP contribution in [0.15, 0.2) is 64.8 Å². The maximum atomic E-state index is 10.9. The molecule has 0 amide bonds. The van der Waals surface area contributed by atoms with Crippen molar-refractivity contribution < 1.29 is 9.90 Å². The van der Waals surface area contributed by atoms with Gasteiger partial charge in [-0.15, -0.1) is 5.11 Å². The molecule has 5 heteroatoms. The fourth-order valence-electron chi connectivity index (χ4n) is 1.35. The molecule has 0 spiro atoms. The molecule has 0 heterocycles. The van der Waals surface area contributed by atoms with E-state index < -0.39 is 5.97 Å². The van der Waals surface area contributed by atoms with Gasteiger partial charge < -0.3 is 5.11 Å². The van der Waals surface area contributed by atoms with Crippen molar-refractivity contribution in [3.05, 3.63) is 60.2 Å². The van der Waals surface area contributed by atoms with Gasteiger partial charge in [0.05, 0.1) is 11.3 Å². The Hall–Kier alpha value is -0.854. The van der Waals surface area contributed by atoms with Crippen LogP contribution in [0.25, 0.3) is 0 Å². The zero-order valence-electron chi connectivity index (χ0n) is 8.95. The molecule has 0 saturated heterocycles. The van der Waals surface area contributed by atoms with Crippen molar-refractivity contribution >= 4 is 68.7 Å². The van der Waals surface area contributed by atoms with E-state index in [1.165, 1.54) is 6.07 Å². The minimum absolute atomic E-state index is 0. The van der Waals surface area contributed by atoms with Crippen LogP contribution < -0.4 is 0 Å². The molecule has 0 fully saturated rings. The van der Waals surface area contributed by atoms with Gasteiger partial charge >= 0.3 is 57.4 Å². The Morgan fingerprint density at radius 1 is 0.889 bits per heavy atom. The molecule has 0 radical (unpaired) electrons. The van der Waals surface area contributed by atoms with Crippen LogP contribution in [0.4, 0.5) is 11.4 Å². The summed E-state index contributed by atoms with van der Waals surface area (Å²) in [7, 11) is 0. The number of carboxylic acid groups (broad SMARTS) is 1. The Labute approximate surface area is 147 Å². The first-order valence-electron chi connectivity index (χ1n) is 5.06. The van der Waals surface area contributed by atoms with E-state index in [2.05, 4.69) is 10.2 Å². The van der Waals surface area contributed by atoms with Gasteiger partial charge in [0.15, 0.2) is 0 Å². The van der Waals surface area contributed by atoms with Crippen molar-refractivity contribution in [1.29, 1.82) is 0 Å². The van der Waals surface area contributed by atoms with E-state index in [-0.39, 0.29) is 56.9 Å². The van der Waals surface area contributed by atoms with Crippen molar-refractivity contribution in [1.82, 2.24) is 0 Å². The van der Waals surface area contributed by atoms with Gasteiger partial charge in [0.2, 0.25) is 0 Å². The van der Waals surface area contributed by atoms with E-state index in [1.807, 2.05) is 18.2 Å². The monoisotopic (exact) mass is 266 g/mol. The minimum atomic E-state index is -1.01. The summed E-state index contributed by atoms with van der Waals surface area (Å²) in [6.45, 7) is 0. The molecule has 0 unspecified atom stereocenters. The second-order valence-corrected chi connectivity index (χ2v) is 3.36. The third kappa shape index (κ3) is 4.11. The Kier molecular flexibility index (Phi) is 6.38. The summed E-state index contributed by atoms with van der Waals surface area (Å²) in [6, 6.07) is 15.7. The van der Waals surface area contributed by atoms with Crippen LogP contribution in [0.5, 0.6) is 0 Å². The average Bonchev–Trinajstić information content (AvgIpc) is 2.38. The van der Waals surface area contributed by atoms with Crippen molar-refractivity contribution in [3.8, 4) is 0 Å². The van der Waals surface area contributed by atoms with E-state index in [4.69, 9.17) is 5.11 Å². The second kappa shape index (κ2) is 7.55. The molecule has 4 nitrogen and oxygen atoms in total. The summed E-state index contributed by atoms with van der Waals surface area (Å²) in [5.74, 6) is -1.01. The van der Waals surface area contributed by atoms with Crippen LogP contribution in [-0.4, -0.2) is 62.5 Å². The van der Waals surface area contributed by atoms with Gasteiger partial charge in [-0.2, -0.15) is 5.11 Å². The second-order valence-electron chi connectivity index (χ2n) is 3.36. The molecule has 18 heavy (non-hydrogen) atoms. The standard InChI is InChI=1S/C13H10N2O2.K.H/c16-13(17)11-8-4-5-9-12(11)15-14-10-6-2-1-3-7-10;;/h1-9H,(H,16,17);;. The van der Waals surface area contributed by atoms with Crippen molar-refractivity contribution in [2.45, 2.75) is 0 Å². The molecule has 2 rings (SSSR count). The zero-order valence-corrected chi connectivity index (χ0v) is 8.95. The molecule has 2 aromatic rings. The van der Waals surface area contributed by atoms with E-state index in [0.29, 0.717) is 11.4 Å². The maximum absolute atomic E-state index is 10.9. The third-order valence-electron chi connectivity index (χ3n) is 2.16. The summed E-state index contributed by atoms with van der Waals surface area (Å²) < 4.78 is 0. The Bertz CT molecular complexity index is 556. The van der Waals surface area contributed by atoms with E-state index >= 15 is 0 Å². The molecule has 0 aliphatic heterocycles. The predicted octanol–water partition coefficient (Wildman–Crippen LogP) is 3.15.